The van der Waals surface area contributed by atoms with Gasteiger partial charge in [-0.05, 0) is 38.1 Å². The third-order valence-electron chi connectivity index (χ3n) is 2.35. The van der Waals surface area contributed by atoms with E-state index in [1.54, 1.807) is 38.1 Å². The van der Waals surface area contributed by atoms with Gasteiger partial charge >= 0.3 is 5.97 Å². The summed E-state index contributed by atoms with van der Waals surface area (Å²) >= 11 is 5.80. The Bertz CT molecular complexity index is 560. The number of aryl methyl sites for hydroxylation is 1. The SMILES string of the molecule is CCOC(=O)c1oc(-c2ccc(Cl)cc2)nc1C. The van der Waals surface area contributed by atoms with Crippen LogP contribution in [0.4, 0.5) is 0 Å². The molecule has 4 nitrogen and oxygen atoms in total. The quantitative estimate of drug-likeness (QED) is 0.797. The second kappa shape index (κ2) is 5.23. The number of hydrogen-bond donors (Lipinski definition) is 0. The molecule has 0 amide bonds. The monoisotopic (exact) mass is 265 g/mol. The lowest BCUT2D eigenvalue weighted by atomic mass is 10.2. The standard InChI is InChI=1S/C13H12ClNO3/c1-3-17-13(16)11-8(2)15-12(18-11)9-4-6-10(14)7-5-9/h4-7H,3H2,1-2H3. The van der Waals surface area contributed by atoms with Crippen molar-refractivity contribution >= 4 is 17.6 Å². The Morgan fingerprint density at radius 2 is 2.06 bits per heavy atom. The molecule has 94 valence electrons. The van der Waals surface area contributed by atoms with Gasteiger partial charge in [-0.2, -0.15) is 0 Å². The van der Waals surface area contributed by atoms with Crippen molar-refractivity contribution in [3.63, 3.8) is 0 Å². The van der Waals surface area contributed by atoms with E-state index in [0.29, 0.717) is 23.2 Å². The summed E-state index contributed by atoms with van der Waals surface area (Å²) in [7, 11) is 0. The summed E-state index contributed by atoms with van der Waals surface area (Å²) < 4.78 is 10.3. The maximum absolute atomic E-state index is 11.6. The highest BCUT2D eigenvalue weighted by molar-refractivity contribution is 6.30. The van der Waals surface area contributed by atoms with E-state index in [1.807, 2.05) is 0 Å². The summed E-state index contributed by atoms with van der Waals surface area (Å²) in [5.41, 5.74) is 1.27. The number of hydrogen-bond acceptors (Lipinski definition) is 4. The molecule has 2 aromatic rings. The normalized spacial score (nSPS) is 10.4. The van der Waals surface area contributed by atoms with Gasteiger partial charge in [0.25, 0.3) is 0 Å². The van der Waals surface area contributed by atoms with Crippen molar-refractivity contribution < 1.29 is 13.9 Å². The second-order valence-corrected chi connectivity index (χ2v) is 4.10. The van der Waals surface area contributed by atoms with Crippen LogP contribution in [-0.2, 0) is 4.74 Å². The predicted octanol–water partition coefficient (Wildman–Crippen LogP) is 3.48. The van der Waals surface area contributed by atoms with Gasteiger partial charge in [0.05, 0.1) is 12.3 Å². The molecule has 0 spiro atoms. The Morgan fingerprint density at radius 1 is 1.39 bits per heavy atom. The highest BCUT2D eigenvalue weighted by Gasteiger charge is 2.19. The van der Waals surface area contributed by atoms with Crippen LogP contribution in [0.15, 0.2) is 28.7 Å². The van der Waals surface area contributed by atoms with Crippen LogP contribution in [0.3, 0.4) is 0 Å². The first kappa shape index (κ1) is 12.6. The third kappa shape index (κ3) is 2.54. The fourth-order valence-corrected chi connectivity index (χ4v) is 1.62. The number of carbonyl (C=O) groups excluding carboxylic acids is 1. The smallest absolute Gasteiger partial charge is 0.376 e. The Hall–Kier alpha value is -1.81. The number of rotatable bonds is 3. The van der Waals surface area contributed by atoms with E-state index in [0.717, 1.165) is 5.56 Å². The van der Waals surface area contributed by atoms with Gasteiger partial charge in [0.1, 0.15) is 0 Å². The Kier molecular flexibility index (Phi) is 3.67. The van der Waals surface area contributed by atoms with Gasteiger partial charge in [0.15, 0.2) is 0 Å². The molecule has 1 aromatic heterocycles. The highest BCUT2D eigenvalue weighted by Crippen LogP contribution is 2.23. The van der Waals surface area contributed by atoms with Gasteiger partial charge in [-0.1, -0.05) is 11.6 Å². The minimum Gasteiger partial charge on any atom is -0.460 e. The van der Waals surface area contributed by atoms with E-state index in [4.69, 9.17) is 20.8 Å². The largest absolute Gasteiger partial charge is 0.460 e. The van der Waals surface area contributed by atoms with Crippen LogP contribution in [0.5, 0.6) is 0 Å². The third-order valence-corrected chi connectivity index (χ3v) is 2.60. The molecule has 1 heterocycles. The lowest BCUT2D eigenvalue weighted by Crippen LogP contribution is -2.04. The van der Waals surface area contributed by atoms with E-state index in [2.05, 4.69) is 4.98 Å². The topological polar surface area (TPSA) is 52.3 Å². The summed E-state index contributed by atoms with van der Waals surface area (Å²) in [6, 6.07) is 7.03. The number of nitrogens with zero attached hydrogens (tertiary/aromatic N) is 1. The fraction of sp³-hybridized carbons (Fsp3) is 0.231. The Labute approximate surface area is 110 Å². The molecule has 0 saturated carbocycles. The van der Waals surface area contributed by atoms with Gasteiger partial charge in [-0.25, -0.2) is 9.78 Å². The molecule has 0 aliphatic carbocycles. The predicted molar refractivity (Wildman–Crippen MR) is 67.6 cm³/mol. The summed E-state index contributed by atoms with van der Waals surface area (Å²) in [5, 5.41) is 0.632. The first-order valence-electron chi connectivity index (χ1n) is 5.52. The van der Waals surface area contributed by atoms with Crippen molar-refractivity contribution in [3.8, 4) is 11.5 Å². The molecule has 0 bridgehead atoms. The fourth-order valence-electron chi connectivity index (χ4n) is 1.50. The molecular formula is C13H12ClNO3. The molecule has 0 unspecified atom stereocenters. The summed E-state index contributed by atoms with van der Waals surface area (Å²) in [6.07, 6.45) is 0. The van der Waals surface area contributed by atoms with Crippen molar-refractivity contribution in [2.24, 2.45) is 0 Å². The number of aromatic nitrogens is 1. The molecule has 1 aromatic carbocycles. The van der Waals surface area contributed by atoms with E-state index in [9.17, 15) is 4.79 Å². The van der Waals surface area contributed by atoms with Crippen molar-refractivity contribution in [1.82, 2.24) is 4.98 Å². The zero-order valence-electron chi connectivity index (χ0n) is 10.1. The molecule has 0 saturated heterocycles. The number of benzene rings is 1. The van der Waals surface area contributed by atoms with E-state index >= 15 is 0 Å². The van der Waals surface area contributed by atoms with Gasteiger partial charge in [-0.3, -0.25) is 0 Å². The Morgan fingerprint density at radius 3 is 2.67 bits per heavy atom. The van der Waals surface area contributed by atoms with Crippen LogP contribution in [0.25, 0.3) is 11.5 Å². The maximum Gasteiger partial charge on any atom is 0.376 e. The minimum absolute atomic E-state index is 0.141. The zero-order chi connectivity index (χ0) is 13.1. The van der Waals surface area contributed by atoms with Crippen molar-refractivity contribution in [1.29, 1.82) is 0 Å². The van der Waals surface area contributed by atoms with E-state index in [1.165, 1.54) is 0 Å². The first-order valence-corrected chi connectivity index (χ1v) is 5.90. The lowest BCUT2D eigenvalue weighted by Gasteiger charge is -1.97. The molecule has 0 radical (unpaired) electrons. The number of carbonyl (C=O) groups is 1. The average Bonchev–Trinajstić information content (AvgIpc) is 2.72. The van der Waals surface area contributed by atoms with Crippen LogP contribution >= 0.6 is 11.6 Å². The number of esters is 1. The lowest BCUT2D eigenvalue weighted by molar-refractivity contribution is 0.0490. The van der Waals surface area contributed by atoms with Crippen LogP contribution in [0, 0.1) is 6.92 Å². The molecule has 0 N–H and O–H groups in total. The van der Waals surface area contributed by atoms with E-state index < -0.39 is 5.97 Å². The summed E-state index contributed by atoms with van der Waals surface area (Å²) in [4.78, 5) is 15.8. The molecule has 2 rings (SSSR count). The van der Waals surface area contributed by atoms with E-state index in [-0.39, 0.29) is 5.76 Å². The minimum atomic E-state index is -0.497. The van der Waals surface area contributed by atoms with Crippen LogP contribution in [-0.4, -0.2) is 17.6 Å². The maximum atomic E-state index is 11.6. The molecule has 18 heavy (non-hydrogen) atoms. The second-order valence-electron chi connectivity index (χ2n) is 3.66. The molecule has 5 heteroatoms. The van der Waals surface area contributed by atoms with Gasteiger partial charge in [-0.15, -0.1) is 0 Å². The molecule has 0 aliphatic heterocycles. The van der Waals surface area contributed by atoms with Gasteiger partial charge in [0.2, 0.25) is 11.7 Å². The Balaban J connectivity index is 2.34. The van der Waals surface area contributed by atoms with Crippen LogP contribution in [0.2, 0.25) is 5.02 Å². The number of ether oxygens (including phenoxy) is 1. The first-order chi connectivity index (χ1) is 8.61. The van der Waals surface area contributed by atoms with Crippen molar-refractivity contribution in [2.45, 2.75) is 13.8 Å². The van der Waals surface area contributed by atoms with Gasteiger partial charge < -0.3 is 9.15 Å². The summed E-state index contributed by atoms with van der Waals surface area (Å²) in [6.45, 7) is 3.74. The highest BCUT2D eigenvalue weighted by atomic mass is 35.5. The molecule has 0 atom stereocenters. The summed E-state index contributed by atoms with van der Waals surface area (Å²) in [5.74, 6) is 0.0248. The number of oxazole rings is 1. The molecular weight excluding hydrogens is 254 g/mol. The van der Waals surface area contributed by atoms with Gasteiger partial charge in [0, 0.05) is 10.6 Å². The van der Waals surface area contributed by atoms with Crippen LogP contribution < -0.4 is 0 Å². The molecule has 0 aliphatic rings. The number of halogens is 1. The van der Waals surface area contributed by atoms with Crippen molar-refractivity contribution in [3.05, 3.63) is 40.7 Å². The van der Waals surface area contributed by atoms with Crippen molar-refractivity contribution in [2.75, 3.05) is 6.61 Å². The molecule has 0 fully saturated rings. The zero-order valence-corrected chi connectivity index (χ0v) is 10.8. The van der Waals surface area contributed by atoms with Crippen LogP contribution in [0.1, 0.15) is 23.2 Å². The average molecular weight is 266 g/mol.